The highest BCUT2D eigenvalue weighted by Crippen LogP contribution is 2.26. The summed E-state index contributed by atoms with van der Waals surface area (Å²) in [5, 5.41) is 3.03. The molecule has 0 fully saturated rings. The second-order valence-corrected chi connectivity index (χ2v) is 8.83. The zero-order chi connectivity index (χ0) is 24.6. The number of carbonyl (C=O) groups is 1. The van der Waals surface area contributed by atoms with E-state index in [4.69, 9.17) is 14.5 Å². The Kier molecular flexibility index (Phi) is 8.03. The van der Waals surface area contributed by atoms with Crippen LogP contribution in [0, 0.1) is 0 Å². The Balaban J connectivity index is 1.38. The van der Waals surface area contributed by atoms with Gasteiger partial charge in [0.1, 0.15) is 23.9 Å². The summed E-state index contributed by atoms with van der Waals surface area (Å²) in [7, 11) is 1.63. The van der Waals surface area contributed by atoms with Crippen molar-refractivity contribution in [3.05, 3.63) is 89.7 Å². The molecule has 1 heterocycles. The van der Waals surface area contributed by atoms with Gasteiger partial charge in [-0.25, -0.2) is 4.98 Å². The third-order valence-electron chi connectivity index (χ3n) is 6.04. The minimum absolute atomic E-state index is 0.00791. The minimum atomic E-state index is -0.00791. The quantitative estimate of drug-likeness (QED) is 0.329. The SMILES string of the molecule is COc1ccc(CC(=O)NCCc2nc3ccccc3n2CCOc2ccccc2C(C)C)cc1. The predicted octanol–water partition coefficient (Wildman–Crippen LogP) is 5.15. The number of rotatable bonds is 11. The number of para-hydroxylation sites is 3. The minimum Gasteiger partial charge on any atom is -0.497 e. The van der Waals surface area contributed by atoms with Gasteiger partial charge in [0.2, 0.25) is 5.91 Å². The van der Waals surface area contributed by atoms with Crippen LogP contribution in [0.5, 0.6) is 11.5 Å². The van der Waals surface area contributed by atoms with E-state index in [1.54, 1.807) is 7.11 Å². The molecule has 0 spiro atoms. The van der Waals surface area contributed by atoms with Crippen LogP contribution in [0.2, 0.25) is 0 Å². The molecule has 1 aromatic heterocycles. The molecule has 182 valence electrons. The molecule has 0 aliphatic heterocycles. The molecule has 4 rings (SSSR count). The van der Waals surface area contributed by atoms with E-state index in [2.05, 4.69) is 35.9 Å². The summed E-state index contributed by atoms with van der Waals surface area (Å²) >= 11 is 0. The number of nitrogens with one attached hydrogen (secondary N) is 1. The van der Waals surface area contributed by atoms with Crippen molar-refractivity contribution < 1.29 is 14.3 Å². The third-order valence-corrected chi connectivity index (χ3v) is 6.04. The Hall–Kier alpha value is -3.80. The van der Waals surface area contributed by atoms with Crippen molar-refractivity contribution in [1.29, 1.82) is 0 Å². The molecule has 1 amide bonds. The fourth-order valence-corrected chi connectivity index (χ4v) is 4.21. The van der Waals surface area contributed by atoms with Crippen molar-refractivity contribution in [2.24, 2.45) is 0 Å². The highest BCUT2D eigenvalue weighted by atomic mass is 16.5. The molecule has 0 atom stereocenters. The smallest absolute Gasteiger partial charge is 0.224 e. The first kappa shape index (κ1) is 24.3. The number of amides is 1. The summed E-state index contributed by atoms with van der Waals surface area (Å²) in [6, 6.07) is 23.9. The fourth-order valence-electron chi connectivity index (χ4n) is 4.21. The molecule has 6 heteroatoms. The topological polar surface area (TPSA) is 65.4 Å². The molecule has 3 aromatic carbocycles. The highest BCUT2D eigenvalue weighted by Gasteiger charge is 2.12. The van der Waals surface area contributed by atoms with E-state index < -0.39 is 0 Å². The molecule has 0 radical (unpaired) electrons. The summed E-state index contributed by atoms with van der Waals surface area (Å²) in [4.78, 5) is 17.3. The van der Waals surface area contributed by atoms with Crippen molar-refractivity contribution >= 4 is 16.9 Å². The van der Waals surface area contributed by atoms with Crippen LogP contribution in [0.15, 0.2) is 72.8 Å². The molecular formula is C29H33N3O3. The van der Waals surface area contributed by atoms with Crippen molar-refractivity contribution in [1.82, 2.24) is 14.9 Å². The Morgan fingerprint density at radius 1 is 1.00 bits per heavy atom. The number of hydrogen-bond acceptors (Lipinski definition) is 4. The third kappa shape index (κ3) is 6.21. The first-order valence-electron chi connectivity index (χ1n) is 12.1. The fraction of sp³-hybridized carbons (Fsp3) is 0.310. The number of carbonyl (C=O) groups excluding carboxylic acids is 1. The molecule has 1 N–H and O–H groups in total. The van der Waals surface area contributed by atoms with Gasteiger partial charge in [-0.3, -0.25) is 4.79 Å². The Morgan fingerprint density at radius 2 is 1.74 bits per heavy atom. The molecule has 0 aliphatic carbocycles. The van der Waals surface area contributed by atoms with Gasteiger partial charge in [-0.1, -0.05) is 56.3 Å². The van der Waals surface area contributed by atoms with E-state index in [0.717, 1.165) is 33.9 Å². The number of methoxy groups -OCH3 is 1. The maximum Gasteiger partial charge on any atom is 0.224 e. The van der Waals surface area contributed by atoms with Crippen molar-refractivity contribution in [3.63, 3.8) is 0 Å². The summed E-state index contributed by atoms with van der Waals surface area (Å²) in [6.45, 7) is 6.09. The normalized spacial score (nSPS) is 11.1. The molecular weight excluding hydrogens is 438 g/mol. The second kappa shape index (κ2) is 11.6. The predicted molar refractivity (Wildman–Crippen MR) is 139 cm³/mol. The van der Waals surface area contributed by atoms with E-state index in [0.29, 0.717) is 38.5 Å². The van der Waals surface area contributed by atoms with Gasteiger partial charge in [0, 0.05) is 13.0 Å². The largest absolute Gasteiger partial charge is 0.497 e. The molecule has 6 nitrogen and oxygen atoms in total. The van der Waals surface area contributed by atoms with E-state index in [1.807, 2.05) is 60.7 Å². The van der Waals surface area contributed by atoms with Crippen LogP contribution >= 0.6 is 0 Å². The molecule has 0 unspecified atom stereocenters. The maximum absolute atomic E-state index is 12.4. The van der Waals surface area contributed by atoms with Gasteiger partial charge < -0.3 is 19.4 Å². The molecule has 0 saturated carbocycles. The van der Waals surface area contributed by atoms with E-state index in [9.17, 15) is 4.79 Å². The second-order valence-electron chi connectivity index (χ2n) is 8.83. The van der Waals surface area contributed by atoms with Crippen LogP contribution in [0.4, 0.5) is 0 Å². The van der Waals surface area contributed by atoms with Crippen LogP contribution in [0.1, 0.15) is 36.7 Å². The number of fused-ring (bicyclic) bond motifs is 1. The summed E-state index contributed by atoms with van der Waals surface area (Å²) < 4.78 is 13.5. The van der Waals surface area contributed by atoms with Gasteiger partial charge >= 0.3 is 0 Å². The van der Waals surface area contributed by atoms with E-state index in [1.165, 1.54) is 5.56 Å². The lowest BCUT2D eigenvalue weighted by atomic mass is 10.0. The standard InChI is InChI=1S/C29H33N3O3/c1-21(2)24-8-4-7-11-27(24)35-19-18-32-26-10-6-5-9-25(26)31-28(32)16-17-30-29(33)20-22-12-14-23(34-3)15-13-22/h4-15,21H,16-20H2,1-3H3,(H,30,33). The Bertz CT molecular complexity index is 1260. The van der Waals surface area contributed by atoms with Gasteiger partial charge in [-0.15, -0.1) is 0 Å². The lowest BCUT2D eigenvalue weighted by Gasteiger charge is -2.15. The average molecular weight is 472 g/mol. The lowest BCUT2D eigenvalue weighted by Crippen LogP contribution is -2.28. The van der Waals surface area contributed by atoms with Crippen molar-refractivity contribution in [3.8, 4) is 11.5 Å². The first-order chi connectivity index (χ1) is 17.0. The maximum atomic E-state index is 12.4. The molecule has 4 aromatic rings. The van der Waals surface area contributed by atoms with Gasteiger partial charge in [-0.05, 0) is 47.4 Å². The van der Waals surface area contributed by atoms with Gasteiger partial charge in [-0.2, -0.15) is 0 Å². The van der Waals surface area contributed by atoms with Crippen LogP contribution in [0.3, 0.4) is 0 Å². The number of imidazole rings is 1. The molecule has 35 heavy (non-hydrogen) atoms. The number of ether oxygens (including phenoxy) is 2. The van der Waals surface area contributed by atoms with Gasteiger partial charge in [0.15, 0.2) is 0 Å². The Labute approximate surface area is 206 Å². The van der Waals surface area contributed by atoms with Crippen LogP contribution < -0.4 is 14.8 Å². The zero-order valence-electron chi connectivity index (χ0n) is 20.7. The van der Waals surface area contributed by atoms with Crippen LogP contribution in [-0.4, -0.2) is 35.7 Å². The number of hydrogen-bond donors (Lipinski definition) is 1. The van der Waals surface area contributed by atoms with Crippen molar-refractivity contribution in [2.45, 2.75) is 39.2 Å². The summed E-state index contributed by atoms with van der Waals surface area (Å²) in [6.07, 6.45) is 0.981. The summed E-state index contributed by atoms with van der Waals surface area (Å²) in [5.74, 6) is 3.05. The number of aromatic nitrogens is 2. The zero-order valence-corrected chi connectivity index (χ0v) is 20.7. The van der Waals surface area contributed by atoms with E-state index >= 15 is 0 Å². The van der Waals surface area contributed by atoms with Crippen LogP contribution in [-0.2, 0) is 24.2 Å². The molecule has 0 bridgehead atoms. The summed E-state index contributed by atoms with van der Waals surface area (Å²) in [5.41, 5.74) is 4.19. The average Bonchev–Trinajstić information content (AvgIpc) is 3.22. The Morgan fingerprint density at radius 3 is 2.51 bits per heavy atom. The molecule has 0 saturated heterocycles. The van der Waals surface area contributed by atoms with Gasteiger partial charge in [0.25, 0.3) is 0 Å². The van der Waals surface area contributed by atoms with Gasteiger partial charge in [0.05, 0.1) is 31.1 Å². The first-order valence-corrected chi connectivity index (χ1v) is 12.1. The van der Waals surface area contributed by atoms with Crippen molar-refractivity contribution in [2.75, 3.05) is 20.3 Å². The highest BCUT2D eigenvalue weighted by molar-refractivity contribution is 5.78. The number of nitrogens with zero attached hydrogens (tertiary/aromatic N) is 2. The molecule has 0 aliphatic rings. The van der Waals surface area contributed by atoms with Crippen LogP contribution in [0.25, 0.3) is 11.0 Å². The monoisotopic (exact) mass is 471 g/mol. The lowest BCUT2D eigenvalue weighted by molar-refractivity contribution is -0.120. The number of benzene rings is 3. The van der Waals surface area contributed by atoms with E-state index in [-0.39, 0.29) is 5.91 Å².